The third-order valence-corrected chi connectivity index (χ3v) is 6.21. The van der Waals surface area contributed by atoms with E-state index >= 15 is 0 Å². The molecule has 0 bridgehead atoms. The van der Waals surface area contributed by atoms with Crippen LogP contribution in [0.5, 0.6) is 0 Å². The van der Waals surface area contributed by atoms with Crippen molar-refractivity contribution in [1.29, 1.82) is 0 Å². The molecule has 0 saturated carbocycles. The SMILES string of the molecule is CS(=O)(=O)N(CCNS(=O)(=O)c1ccccc1)Cc1ccccc1F. The van der Waals surface area contributed by atoms with Crippen LogP contribution >= 0.6 is 0 Å². The van der Waals surface area contributed by atoms with E-state index in [1.807, 2.05) is 0 Å². The van der Waals surface area contributed by atoms with Crippen LogP contribution in [-0.4, -0.2) is 40.5 Å². The molecule has 1 N–H and O–H groups in total. The van der Waals surface area contributed by atoms with E-state index in [1.54, 1.807) is 24.3 Å². The Morgan fingerprint density at radius 1 is 0.960 bits per heavy atom. The molecule has 0 amide bonds. The van der Waals surface area contributed by atoms with Gasteiger partial charge in [-0.1, -0.05) is 36.4 Å². The van der Waals surface area contributed by atoms with E-state index in [-0.39, 0.29) is 30.1 Å². The van der Waals surface area contributed by atoms with Gasteiger partial charge in [-0.3, -0.25) is 0 Å². The van der Waals surface area contributed by atoms with E-state index < -0.39 is 25.9 Å². The summed E-state index contributed by atoms with van der Waals surface area (Å²) >= 11 is 0. The van der Waals surface area contributed by atoms with Gasteiger partial charge in [-0.25, -0.2) is 25.9 Å². The van der Waals surface area contributed by atoms with Crippen LogP contribution in [0.3, 0.4) is 0 Å². The molecule has 9 heteroatoms. The van der Waals surface area contributed by atoms with E-state index in [0.29, 0.717) is 0 Å². The summed E-state index contributed by atoms with van der Waals surface area (Å²) in [7, 11) is -7.36. The first-order valence-corrected chi connectivity index (χ1v) is 10.8. The molecule has 2 rings (SSSR count). The van der Waals surface area contributed by atoms with E-state index in [4.69, 9.17) is 0 Å². The van der Waals surface area contributed by atoms with Crippen molar-refractivity contribution in [2.75, 3.05) is 19.3 Å². The average Bonchev–Trinajstić information content (AvgIpc) is 2.55. The van der Waals surface area contributed by atoms with Gasteiger partial charge in [0, 0.05) is 25.2 Å². The van der Waals surface area contributed by atoms with Gasteiger partial charge >= 0.3 is 0 Å². The summed E-state index contributed by atoms with van der Waals surface area (Å²) in [4.78, 5) is 0.0926. The highest BCUT2D eigenvalue weighted by atomic mass is 32.2. The molecule has 0 aliphatic rings. The molecule has 0 radical (unpaired) electrons. The van der Waals surface area contributed by atoms with Gasteiger partial charge in [-0.15, -0.1) is 0 Å². The molecular weight excluding hydrogens is 367 g/mol. The second kappa shape index (κ2) is 8.05. The smallest absolute Gasteiger partial charge is 0.212 e. The van der Waals surface area contributed by atoms with Gasteiger partial charge in [0.1, 0.15) is 5.82 Å². The Hall–Kier alpha value is -1.81. The Morgan fingerprint density at radius 2 is 1.56 bits per heavy atom. The lowest BCUT2D eigenvalue weighted by molar-refractivity contribution is 0.405. The molecule has 2 aromatic carbocycles. The number of rotatable bonds is 8. The third-order valence-electron chi connectivity index (χ3n) is 3.48. The van der Waals surface area contributed by atoms with Crippen LogP contribution < -0.4 is 4.72 Å². The minimum absolute atomic E-state index is 0.0926. The molecular formula is C16H19FN2O4S2. The maximum atomic E-state index is 13.7. The van der Waals surface area contributed by atoms with Crippen LogP contribution in [0.2, 0.25) is 0 Å². The van der Waals surface area contributed by atoms with Crippen LogP contribution in [0.15, 0.2) is 59.5 Å². The lowest BCUT2D eigenvalue weighted by Crippen LogP contribution is -2.37. The maximum absolute atomic E-state index is 13.7. The van der Waals surface area contributed by atoms with Gasteiger partial charge in [-0.05, 0) is 18.2 Å². The Bertz CT molecular complexity index is 916. The molecule has 0 aliphatic carbocycles. The van der Waals surface area contributed by atoms with Crippen molar-refractivity contribution in [1.82, 2.24) is 9.03 Å². The van der Waals surface area contributed by atoms with Gasteiger partial charge in [0.05, 0.1) is 11.2 Å². The molecule has 0 fully saturated rings. The van der Waals surface area contributed by atoms with Gasteiger partial charge < -0.3 is 0 Å². The van der Waals surface area contributed by atoms with E-state index in [1.165, 1.54) is 30.3 Å². The summed E-state index contributed by atoms with van der Waals surface area (Å²) < 4.78 is 65.2. The molecule has 25 heavy (non-hydrogen) atoms. The van der Waals surface area contributed by atoms with E-state index in [2.05, 4.69) is 4.72 Å². The third kappa shape index (κ3) is 5.60. The zero-order valence-electron chi connectivity index (χ0n) is 13.6. The number of halogens is 1. The lowest BCUT2D eigenvalue weighted by Gasteiger charge is -2.20. The molecule has 2 aromatic rings. The Morgan fingerprint density at radius 3 is 2.16 bits per heavy atom. The maximum Gasteiger partial charge on any atom is 0.240 e. The predicted molar refractivity (Wildman–Crippen MR) is 93.3 cm³/mol. The van der Waals surface area contributed by atoms with Crippen LogP contribution in [-0.2, 0) is 26.6 Å². The zero-order valence-corrected chi connectivity index (χ0v) is 15.2. The summed E-state index contributed by atoms with van der Waals surface area (Å²) in [5.41, 5.74) is 0.221. The number of nitrogens with zero attached hydrogens (tertiary/aromatic N) is 1. The van der Waals surface area contributed by atoms with Crippen LogP contribution in [0.25, 0.3) is 0 Å². The molecule has 0 spiro atoms. The number of sulfonamides is 2. The van der Waals surface area contributed by atoms with Crippen molar-refractivity contribution in [3.05, 3.63) is 66.0 Å². The Kier molecular flexibility index (Phi) is 6.28. The second-order valence-corrected chi connectivity index (χ2v) is 9.15. The normalized spacial score (nSPS) is 12.4. The van der Waals surface area contributed by atoms with Gasteiger partial charge in [0.15, 0.2) is 0 Å². The first-order chi connectivity index (χ1) is 11.7. The molecule has 0 aromatic heterocycles. The number of hydrogen-bond donors (Lipinski definition) is 1. The molecule has 0 unspecified atom stereocenters. The minimum Gasteiger partial charge on any atom is -0.212 e. The standard InChI is InChI=1S/C16H19FN2O4S2/c1-24(20,21)19(13-14-7-5-6-10-16(14)17)12-11-18-25(22,23)15-8-3-2-4-9-15/h2-10,18H,11-13H2,1H3. The predicted octanol–water partition coefficient (Wildman–Crippen LogP) is 1.57. The Labute approximate surface area is 147 Å². The number of hydrogen-bond acceptors (Lipinski definition) is 4. The van der Waals surface area contributed by atoms with E-state index in [9.17, 15) is 21.2 Å². The monoisotopic (exact) mass is 386 g/mol. The molecule has 0 heterocycles. The highest BCUT2D eigenvalue weighted by Crippen LogP contribution is 2.12. The van der Waals surface area contributed by atoms with Crippen LogP contribution in [0.1, 0.15) is 5.56 Å². The van der Waals surface area contributed by atoms with Crippen LogP contribution in [0, 0.1) is 5.82 Å². The topological polar surface area (TPSA) is 83.6 Å². The first-order valence-electron chi connectivity index (χ1n) is 7.43. The summed E-state index contributed by atoms with van der Waals surface area (Å²) in [6.45, 7) is -0.406. The number of benzene rings is 2. The molecule has 0 aliphatic heterocycles. The molecule has 0 saturated heterocycles. The van der Waals surface area contributed by atoms with Gasteiger partial charge in [0.25, 0.3) is 0 Å². The van der Waals surface area contributed by atoms with Gasteiger partial charge in [-0.2, -0.15) is 4.31 Å². The summed E-state index contributed by atoms with van der Waals surface area (Å²) in [6.07, 6.45) is 1.000. The quantitative estimate of drug-likeness (QED) is 0.746. The van der Waals surface area contributed by atoms with E-state index in [0.717, 1.165) is 10.6 Å². The fraction of sp³-hybridized carbons (Fsp3) is 0.250. The highest BCUT2D eigenvalue weighted by Gasteiger charge is 2.20. The highest BCUT2D eigenvalue weighted by molar-refractivity contribution is 7.89. The van der Waals surface area contributed by atoms with Crippen LogP contribution in [0.4, 0.5) is 4.39 Å². The lowest BCUT2D eigenvalue weighted by atomic mass is 10.2. The van der Waals surface area contributed by atoms with Crippen molar-refractivity contribution in [2.24, 2.45) is 0 Å². The molecule has 136 valence electrons. The van der Waals surface area contributed by atoms with Crippen molar-refractivity contribution >= 4 is 20.0 Å². The first kappa shape index (κ1) is 19.5. The van der Waals surface area contributed by atoms with Crippen molar-refractivity contribution < 1.29 is 21.2 Å². The summed E-state index contributed by atoms with van der Waals surface area (Å²) in [5.74, 6) is -0.513. The fourth-order valence-electron chi connectivity index (χ4n) is 2.17. The van der Waals surface area contributed by atoms with Crippen molar-refractivity contribution in [3.8, 4) is 0 Å². The number of nitrogens with one attached hydrogen (secondary N) is 1. The zero-order chi connectivity index (χ0) is 18.5. The van der Waals surface area contributed by atoms with Crippen molar-refractivity contribution in [3.63, 3.8) is 0 Å². The summed E-state index contributed by atoms with van der Waals surface area (Å²) in [5, 5.41) is 0. The molecule has 0 atom stereocenters. The summed E-state index contributed by atoms with van der Waals surface area (Å²) in [6, 6.07) is 13.6. The fourth-order valence-corrected chi connectivity index (χ4v) is 4.01. The van der Waals surface area contributed by atoms with Gasteiger partial charge in [0.2, 0.25) is 20.0 Å². The largest absolute Gasteiger partial charge is 0.240 e. The molecule has 6 nitrogen and oxygen atoms in total. The minimum atomic E-state index is -3.73. The second-order valence-electron chi connectivity index (χ2n) is 5.40. The Balaban J connectivity index is 2.05. The average molecular weight is 386 g/mol. The van der Waals surface area contributed by atoms with Crippen molar-refractivity contribution in [2.45, 2.75) is 11.4 Å².